The van der Waals surface area contributed by atoms with Crippen molar-refractivity contribution in [1.29, 1.82) is 0 Å². The Morgan fingerprint density at radius 2 is 1.83 bits per heavy atom. The van der Waals surface area contributed by atoms with Crippen LogP contribution in [0.15, 0.2) is 66.9 Å². The summed E-state index contributed by atoms with van der Waals surface area (Å²) in [7, 11) is 0. The lowest BCUT2D eigenvalue weighted by molar-refractivity contribution is -0.137. The van der Waals surface area contributed by atoms with Crippen molar-refractivity contribution >= 4 is 5.91 Å². The van der Waals surface area contributed by atoms with E-state index in [1.54, 1.807) is 11.0 Å². The van der Waals surface area contributed by atoms with Crippen LogP contribution < -0.4 is 0 Å². The number of likely N-dealkylation sites (tertiary alicyclic amines) is 1. The fourth-order valence-corrected chi connectivity index (χ4v) is 5.04. The molecule has 1 aromatic heterocycles. The number of amides is 1. The summed E-state index contributed by atoms with van der Waals surface area (Å²) in [6, 6.07) is 14.9. The highest BCUT2D eigenvalue weighted by Gasteiger charge is 2.38. The maximum absolute atomic E-state index is 13.5. The van der Waals surface area contributed by atoms with Gasteiger partial charge in [0.15, 0.2) is 0 Å². The number of carbonyl (C=O) groups is 1. The van der Waals surface area contributed by atoms with Crippen molar-refractivity contribution in [2.24, 2.45) is 11.8 Å². The number of hydrogen-bond donors (Lipinski definition) is 1. The summed E-state index contributed by atoms with van der Waals surface area (Å²) in [5.41, 5.74) is 1.39. The molecule has 2 unspecified atom stereocenters. The number of halogens is 4. The molecule has 8 heteroatoms. The van der Waals surface area contributed by atoms with Crippen LogP contribution in [0.25, 0.3) is 0 Å². The predicted octanol–water partition coefficient (Wildman–Crippen LogP) is 6.19. The first-order valence-corrected chi connectivity index (χ1v) is 12.2. The summed E-state index contributed by atoms with van der Waals surface area (Å²) in [4.78, 5) is 20.6. The molecule has 2 heterocycles. The van der Waals surface area contributed by atoms with E-state index in [1.807, 2.05) is 32.2 Å². The molecule has 1 fully saturated rings. The number of aromatic nitrogens is 1. The number of nitrogens with one attached hydrogen (secondary N) is 1. The van der Waals surface area contributed by atoms with Crippen LogP contribution in [0.2, 0.25) is 0 Å². The van der Waals surface area contributed by atoms with Crippen molar-refractivity contribution in [1.82, 2.24) is 14.8 Å². The van der Waals surface area contributed by atoms with Crippen molar-refractivity contribution in [2.45, 2.75) is 32.5 Å². The van der Waals surface area contributed by atoms with E-state index in [-0.39, 0.29) is 23.7 Å². The summed E-state index contributed by atoms with van der Waals surface area (Å²) in [5.74, 6) is -0.654. The second-order valence-electron chi connectivity index (χ2n) is 9.99. The molecule has 0 bridgehead atoms. The Morgan fingerprint density at radius 3 is 2.47 bits per heavy atom. The zero-order valence-corrected chi connectivity index (χ0v) is 20.4. The number of carbonyl (C=O) groups excluding carboxylic acids is 1. The van der Waals surface area contributed by atoms with Gasteiger partial charge in [-0.25, -0.2) is 4.39 Å². The van der Waals surface area contributed by atoms with E-state index in [0.29, 0.717) is 43.9 Å². The minimum Gasteiger partial charge on any atom is -0.364 e. The van der Waals surface area contributed by atoms with Crippen molar-refractivity contribution < 1.29 is 22.4 Å². The van der Waals surface area contributed by atoms with Crippen LogP contribution in [0.5, 0.6) is 0 Å². The fourth-order valence-electron chi connectivity index (χ4n) is 5.04. The minimum absolute atomic E-state index is 0.0633. The van der Waals surface area contributed by atoms with Crippen LogP contribution in [0.1, 0.15) is 46.9 Å². The highest BCUT2D eigenvalue weighted by atomic mass is 19.4. The highest BCUT2D eigenvalue weighted by Crippen LogP contribution is 2.37. The highest BCUT2D eigenvalue weighted by molar-refractivity contribution is 5.94. The molecule has 0 saturated carbocycles. The molecule has 2 atom stereocenters. The molecule has 1 amide bonds. The Labute approximate surface area is 208 Å². The third-order valence-electron chi connectivity index (χ3n) is 6.63. The molecule has 36 heavy (non-hydrogen) atoms. The van der Waals surface area contributed by atoms with Gasteiger partial charge in [0.2, 0.25) is 0 Å². The molecule has 0 aliphatic carbocycles. The maximum atomic E-state index is 13.5. The van der Waals surface area contributed by atoms with Gasteiger partial charge in [-0.2, -0.15) is 13.2 Å². The van der Waals surface area contributed by atoms with Crippen LogP contribution >= 0.6 is 0 Å². The Kier molecular flexibility index (Phi) is 7.83. The first-order chi connectivity index (χ1) is 17.1. The molecule has 2 aromatic carbocycles. The van der Waals surface area contributed by atoms with E-state index in [2.05, 4.69) is 9.88 Å². The number of benzene rings is 2. The third kappa shape index (κ3) is 6.35. The molecule has 0 radical (unpaired) electrons. The molecule has 4 nitrogen and oxygen atoms in total. The molecule has 0 spiro atoms. The molecular weight excluding hydrogens is 470 g/mol. The van der Waals surface area contributed by atoms with Crippen molar-refractivity contribution in [3.8, 4) is 0 Å². The van der Waals surface area contributed by atoms with Crippen molar-refractivity contribution in [3.05, 3.63) is 95.1 Å². The van der Waals surface area contributed by atoms with Crippen LogP contribution in [0.4, 0.5) is 17.6 Å². The second-order valence-corrected chi connectivity index (χ2v) is 9.99. The SMILES string of the molecule is CC(C)CN(CC1CN(Cc2ccc[nH]2)CC1c1cccc(C(F)(F)F)c1)C(=O)c1ccc(F)cc1. The van der Waals surface area contributed by atoms with E-state index in [9.17, 15) is 22.4 Å². The molecular formula is C28H31F4N3O. The van der Waals surface area contributed by atoms with E-state index in [1.165, 1.54) is 36.4 Å². The average Bonchev–Trinajstić information content (AvgIpc) is 3.48. The standard InChI is InChI=1S/C28H31F4N3O/c1-19(2)14-35(27(36)20-8-10-24(29)11-9-20)16-22-15-34(17-25-7-4-12-33-25)18-26(22)21-5-3-6-23(13-21)28(30,31)32/h3-13,19,22,26,33H,14-18H2,1-2H3. The first-order valence-electron chi connectivity index (χ1n) is 12.2. The number of nitrogens with zero attached hydrogens (tertiary/aromatic N) is 2. The Bertz CT molecular complexity index is 1140. The largest absolute Gasteiger partial charge is 0.416 e. The van der Waals surface area contributed by atoms with Gasteiger partial charge >= 0.3 is 6.18 Å². The van der Waals surface area contributed by atoms with E-state index < -0.39 is 17.6 Å². The number of hydrogen-bond acceptors (Lipinski definition) is 2. The van der Waals surface area contributed by atoms with Crippen LogP contribution in [0.3, 0.4) is 0 Å². The minimum atomic E-state index is -4.42. The molecule has 1 saturated heterocycles. The summed E-state index contributed by atoms with van der Waals surface area (Å²) in [6.45, 7) is 6.81. The van der Waals surface area contributed by atoms with E-state index >= 15 is 0 Å². The van der Waals surface area contributed by atoms with E-state index in [4.69, 9.17) is 0 Å². The zero-order valence-electron chi connectivity index (χ0n) is 20.4. The zero-order chi connectivity index (χ0) is 25.9. The van der Waals surface area contributed by atoms with Crippen molar-refractivity contribution in [3.63, 3.8) is 0 Å². The van der Waals surface area contributed by atoms with Crippen LogP contribution in [-0.2, 0) is 12.7 Å². The van der Waals surface area contributed by atoms with Crippen LogP contribution in [-0.4, -0.2) is 46.9 Å². The predicted molar refractivity (Wildman–Crippen MR) is 131 cm³/mol. The van der Waals surface area contributed by atoms with Gasteiger partial charge in [-0.15, -0.1) is 0 Å². The smallest absolute Gasteiger partial charge is 0.364 e. The second kappa shape index (κ2) is 10.9. The number of rotatable bonds is 8. The number of aromatic amines is 1. The summed E-state index contributed by atoms with van der Waals surface area (Å²) in [6.07, 6.45) is -2.57. The Morgan fingerprint density at radius 1 is 1.08 bits per heavy atom. The summed E-state index contributed by atoms with van der Waals surface area (Å²) >= 11 is 0. The van der Waals surface area contributed by atoms with Gasteiger partial charge < -0.3 is 9.88 Å². The van der Waals surface area contributed by atoms with Gasteiger partial charge in [-0.3, -0.25) is 9.69 Å². The quantitative estimate of drug-likeness (QED) is 0.374. The van der Waals surface area contributed by atoms with Crippen LogP contribution in [0, 0.1) is 17.7 Å². The lowest BCUT2D eigenvalue weighted by atomic mass is 9.87. The van der Waals surface area contributed by atoms with Gasteiger partial charge in [0.05, 0.1) is 5.56 Å². The van der Waals surface area contributed by atoms with Gasteiger partial charge in [-0.05, 0) is 59.9 Å². The van der Waals surface area contributed by atoms with Gasteiger partial charge in [0, 0.05) is 56.1 Å². The molecule has 192 valence electrons. The monoisotopic (exact) mass is 501 g/mol. The number of alkyl halides is 3. The fraction of sp³-hybridized carbons (Fsp3) is 0.393. The van der Waals surface area contributed by atoms with Gasteiger partial charge in [-0.1, -0.05) is 32.0 Å². The molecule has 1 aliphatic rings. The molecule has 3 aromatic rings. The normalized spacial score (nSPS) is 18.6. The lowest BCUT2D eigenvalue weighted by Crippen LogP contribution is -2.39. The number of H-pyrrole nitrogens is 1. The Balaban J connectivity index is 1.62. The van der Waals surface area contributed by atoms with Gasteiger partial charge in [0.25, 0.3) is 5.91 Å². The van der Waals surface area contributed by atoms with Crippen molar-refractivity contribution in [2.75, 3.05) is 26.2 Å². The maximum Gasteiger partial charge on any atom is 0.416 e. The van der Waals surface area contributed by atoms with Gasteiger partial charge in [0.1, 0.15) is 5.82 Å². The molecule has 4 rings (SSSR count). The summed E-state index contributed by atoms with van der Waals surface area (Å²) in [5, 5.41) is 0. The third-order valence-corrected chi connectivity index (χ3v) is 6.63. The molecule has 1 N–H and O–H groups in total. The Hall–Kier alpha value is -3.13. The molecule has 1 aliphatic heterocycles. The van der Waals surface area contributed by atoms with E-state index in [0.717, 1.165) is 11.8 Å². The summed E-state index contributed by atoms with van der Waals surface area (Å²) < 4.78 is 53.8. The first kappa shape index (κ1) is 25.9. The lowest BCUT2D eigenvalue weighted by Gasteiger charge is -2.30. The topological polar surface area (TPSA) is 39.3 Å². The average molecular weight is 502 g/mol.